The third-order valence-electron chi connectivity index (χ3n) is 4.39. The molecule has 2 unspecified atom stereocenters. The molecule has 1 heterocycles. The summed E-state index contributed by atoms with van der Waals surface area (Å²) in [6.45, 7) is 15.4. The lowest BCUT2D eigenvalue weighted by Gasteiger charge is -2.39. The maximum atomic E-state index is 6.48. The van der Waals surface area contributed by atoms with Gasteiger partial charge in [-0.1, -0.05) is 20.8 Å². The molecule has 1 saturated heterocycles. The number of nitrogens with two attached hydrogens (primary N) is 1. The quantitative estimate of drug-likeness (QED) is 0.802. The highest BCUT2D eigenvalue weighted by atomic mass is 16.5. The summed E-state index contributed by atoms with van der Waals surface area (Å²) in [5.41, 5.74) is 6.54. The summed E-state index contributed by atoms with van der Waals surface area (Å²) in [6.07, 6.45) is 2.17. The Labute approximate surface area is 101 Å². The average molecular weight is 227 g/mol. The van der Waals surface area contributed by atoms with E-state index in [1.165, 1.54) is 0 Å². The smallest absolute Gasteiger partial charge is 0.0677 e. The Bertz CT molecular complexity index is 255. The van der Waals surface area contributed by atoms with Gasteiger partial charge < -0.3 is 10.5 Å². The monoisotopic (exact) mass is 227 g/mol. The van der Waals surface area contributed by atoms with Crippen LogP contribution >= 0.6 is 0 Å². The minimum Gasteiger partial charge on any atom is -0.369 e. The van der Waals surface area contributed by atoms with Crippen LogP contribution in [0.1, 0.15) is 61.3 Å². The zero-order valence-electron chi connectivity index (χ0n) is 12.1. The summed E-state index contributed by atoms with van der Waals surface area (Å²) in [5.74, 6) is 0.442. The molecule has 0 spiro atoms. The highest BCUT2D eigenvalue weighted by Crippen LogP contribution is 2.46. The van der Waals surface area contributed by atoms with Crippen molar-refractivity contribution in [2.45, 2.75) is 78.6 Å². The van der Waals surface area contributed by atoms with Crippen LogP contribution in [-0.2, 0) is 4.74 Å². The lowest BCUT2D eigenvalue weighted by Crippen LogP contribution is -2.49. The minimum atomic E-state index is -0.102. The third kappa shape index (κ3) is 2.60. The predicted molar refractivity (Wildman–Crippen MR) is 69.4 cm³/mol. The van der Waals surface area contributed by atoms with Crippen molar-refractivity contribution in [3.8, 4) is 0 Å². The first-order chi connectivity index (χ1) is 7.02. The highest BCUT2D eigenvalue weighted by molar-refractivity contribution is 5.02. The van der Waals surface area contributed by atoms with E-state index >= 15 is 0 Å². The van der Waals surface area contributed by atoms with E-state index in [-0.39, 0.29) is 22.7 Å². The van der Waals surface area contributed by atoms with Crippen molar-refractivity contribution in [2.24, 2.45) is 17.1 Å². The number of ether oxygens (including phenoxy) is 1. The number of hydrogen-bond acceptors (Lipinski definition) is 2. The lowest BCUT2D eigenvalue weighted by atomic mass is 9.70. The third-order valence-corrected chi connectivity index (χ3v) is 4.39. The molecule has 2 nitrogen and oxygen atoms in total. The molecule has 16 heavy (non-hydrogen) atoms. The molecule has 2 N–H and O–H groups in total. The van der Waals surface area contributed by atoms with Gasteiger partial charge in [0.15, 0.2) is 0 Å². The van der Waals surface area contributed by atoms with Crippen molar-refractivity contribution in [3.63, 3.8) is 0 Å². The Morgan fingerprint density at radius 3 is 2.12 bits per heavy atom. The molecule has 0 amide bonds. The molecular formula is C14H29NO. The molecule has 0 bridgehead atoms. The van der Waals surface area contributed by atoms with E-state index in [1.54, 1.807) is 0 Å². The van der Waals surface area contributed by atoms with Gasteiger partial charge in [-0.3, -0.25) is 0 Å². The van der Waals surface area contributed by atoms with Gasteiger partial charge in [0.05, 0.1) is 11.2 Å². The summed E-state index contributed by atoms with van der Waals surface area (Å²) in [6, 6.07) is 0.203. The fourth-order valence-electron chi connectivity index (χ4n) is 2.94. The van der Waals surface area contributed by atoms with E-state index in [1.807, 2.05) is 0 Å². The topological polar surface area (TPSA) is 35.2 Å². The normalized spacial score (nSPS) is 30.4. The summed E-state index contributed by atoms with van der Waals surface area (Å²) < 4.78 is 6.13. The average Bonchev–Trinajstić information content (AvgIpc) is 2.32. The standard InChI is InChI=1S/C14H29NO/c1-8-12(2,3)11(15)10-9-13(4,5)16-14(10,6)7/h10-11H,8-9,15H2,1-7H3. The molecule has 2 atom stereocenters. The van der Waals surface area contributed by atoms with Crippen molar-refractivity contribution < 1.29 is 4.74 Å². The summed E-state index contributed by atoms with van der Waals surface area (Å²) >= 11 is 0. The fourth-order valence-corrected chi connectivity index (χ4v) is 2.94. The molecule has 0 aliphatic carbocycles. The molecule has 0 radical (unpaired) electrons. The van der Waals surface area contributed by atoms with Gasteiger partial charge in [0.25, 0.3) is 0 Å². The van der Waals surface area contributed by atoms with Crippen LogP contribution in [0.5, 0.6) is 0 Å². The van der Waals surface area contributed by atoms with Crippen molar-refractivity contribution >= 4 is 0 Å². The molecule has 0 saturated carbocycles. The highest BCUT2D eigenvalue weighted by Gasteiger charge is 2.50. The van der Waals surface area contributed by atoms with Crippen LogP contribution in [0.4, 0.5) is 0 Å². The van der Waals surface area contributed by atoms with Gasteiger partial charge in [-0.15, -0.1) is 0 Å². The van der Waals surface area contributed by atoms with Crippen LogP contribution in [0.25, 0.3) is 0 Å². The second-order valence-electron chi connectivity index (χ2n) is 7.14. The van der Waals surface area contributed by atoms with Gasteiger partial charge in [0, 0.05) is 12.0 Å². The summed E-state index contributed by atoms with van der Waals surface area (Å²) in [4.78, 5) is 0. The van der Waals surface area contributed by atoms with Gasteiger partial charge in [-0.25, -0.2) is 0 Å². The van der Waals surface area contributed by atoms with Crippen molar-refractivity contribution in [3.05, 3.63) is 0 Å². The van der Waals surface area contributed by atoms with Crippen LogP contribution in [0.15, 0.2) is 0 Å². The van der Waals surface area contributed by atoms with Crippen LogP contribution in [-0.4, -0.2) is 17.2 Å². The van der Waals surface area contributed by atoms with E-state index in [9.17, 15) is 0 Å². The van der Waals surface area contributed by atoms with Crippen LogP contribution in [0, 0.1) is 11.3 Å². The zero-order valence-corrected chi connectivity index (χ0v) is 12.1. The fraction of sp³-hybridized carbons (Fsp3) is 1.00. The summed E-state index contributed by atoms with van der Waals surface area (Å²) in [5, 5.41) is 0. The molecule has 1 fully saturated rings. The van der Waals surface area contributed by atoms with Gasteiger partial charge in [0.2, 0.25) is 0 Å². The predicted octanol–water partition coefficient (Wildman–Crippen LogP) is 3.34. The van der Waals surface area contributed by atoms with Crippen molar-refractivity contribution in [1.29, 1.82) is 0 Å². The molecular weight excluding hydrogens is 198 g/mol. The molecule has 96 valence electrons. The molecule has 1 rings (SSSR count). The Morgan fingerprint density at radius 2 is 1.81 bits per heavy atom. The van der Waals surface area contributed by atoms with Gasteiger partial charge in [-0.2, -0.15) is 0 Å². The SMILES string of the molecule is CCC(C)(C)C(N)C1CC(C)(C)OC1(C)C. The van der Waals surface area contributed by atoms with Gasteiger partial charge in [0.1, 0.15) is 0 Å². The van der Waals surface area contributed by atoms with Gasteiger partial charge >= 0.3 is 0 Å². The minimum absolute atomic E-state index is 0.0321. The van der Waals surface area contributed by atoms with E-state index in [4.69, 9.17) is 10.5 Å². The number of hydrogen-bond donors (Lipinski definition) is 1. The van der Waals surface area contributed by atoms with E-state index in [0.717, 1.165) is 12.8 Å². The molecule has 2 heteroatoms. The molecule has 1 aliphatic rings. The largest absolute Gasteiger partial charge is 0.369 e. The van der Waals surface area contributed by atoms with Gasteiger partial charge in [-0.05, 0) is 46.0 Å². The van der Waals surface area contributed by atoms with E-state index in [2.05, 4.69) is 48.5 Å². The van der Waals surface area contributed by atoms with Crippen LogP contribution in [0.2, 0.25) is 0 Å². The second kappa shape index (κ2) is 3.99. The Morgan fingerprint density at radius 1 is 1.31 bits per heavy atom. The van der Waals surface area contributed by atoms with Crippen molar-refractivity contribution in [2.75, 3.05) is 0 Å². The van der Waals surface area contributed by atoms with E-state index < -0.39 is 0 Å². The zero-order chi connectivity index (χ0) is 12.8. The molecule has 0 aromatic carbocycles. The lowest BCUT2D eigenvalue weighted by molar-refractivity contribution is -0.0803. The number of rotatable bonds is 3. The molecule has 1 aliphatic heterocycles. The Balaban J connectivity index is 2.89. The van der Waals surface area contributed by atoms with E-state index in [0.29, 0.717) is 5.92 Å². The maximum Gasteiger partial charge on any atom is 0.0677 e. The summed E-state index contributed by atoms with van der Waals surface area (Å²) in [7, 11) is 0. The Kier molecular flexibility index (Phi) is 3.49. The maximum absolute atomic E-state index is 6.48. The van der Waals surface area contributed by atoms with Crippen LogP contribution < -0.4 is 5.73 Å². The van der Waals surface area contributed by atoms with Crippen LogP contribution in [0.3, 0.4) is 0 Å². The van der Waals surface area contributed by atoms with Crippen molar-refractivity contribution in [1.82, 2.24) is 0 Å². The Hall–Kier alpha value is -0.0800. The first-order valence-corrected chi connectivity index (χ1v) is 6.47. The second-order valence-corrected chi connectivity index (χ2v) is 7.14. The molecule has 0 aromatic rings. The molecule has 0 aromatic heterocycles. The first kappa shape index (κ1) is 14.0. The first-order valence-electron chi connectivity index (χ1n) is 6.47.